The molecule has 6 nitrogen and oxygen atoms in total. The Morgan fingerprint density at radius 2 is 1.72 bits per heavy atom. The molecule has 32 heavy (non-hydrogen) atoms. The number of rotatable bonds is 6. The average molecular weight is 438 g/mol. The summed E-state index contributed by atoms with van der Waals surface area (Å²) in [7, 11) is 0. The van der Waals surface area contributed by atoms with Gasteiger partial charge in [-0.2, -0.15) is 0 Å². The van der Waals surface area contributed by atoms with Crippen LogP contribution in [0.4, 0.5) is 4.39 Å². The van der Waals surface area contributed by atoms with Crippen LogP contribution >= 0.6 is 0 Å². The molecule has 1 fully saturated rings. The van der Waals surface area contributed by atoms with E-state index in [0.717, 1.165) is 55.9 Å². The lowest BCUT2D eigenvalue weighted by Crippen LogP contribution is -2.43. The maximum atomic E-state index is 13.7. The molecule has 5 rings (SSSR count). The van der Waals surface area contributed by atoms with Crippen LogP contribution in [0.5, 0.6) is 11.5 Å². The summed E-state index contributed by atoms with van der Waals surface area (Å²) in [6.07, 6.45) is 2.12. The van der Waals surface area contributed by atoms with Gasteiger partial charge in [0.05, 0.1) is 5.52 Å². The zero-order chi connectivity index (χ0) is 21.9. The number of aromatic nitrogens is 1. The minimum atomic E-state index is -0.318. The monoisotopic (exact) mass is 437 g/mol. The van der Waals surface area contributed by atoms with Crippen molar-refractivity contribution in [2.24, 2.45) is 0 Å². The summed E-state index contributed by atoms with van der Waals surface area (Å²) in [4.78, 5) is 14.8. The number of fused-ring (bicyclic) bond motifs is 2. The molecule has 2 aromatic carbocycles. The van der Waals surface area contributed by atoms with Crippen LogP contribution in [0.3, 0.4) is 0 Å². The fourth-order valence-electron chi connectivity index (χ4n) is 4.55. The van der Waals surface area contributed by atoms with Gasteiger partial charge in [0.15, 0.2) is 11.5 Å². The fraction of sp³-hybridized carbons (Fsp3) is 0.400. The van der Waals surface area contributed by atoms with Gasteiger partial charge in [0, 0.05) is 31.7 Å². The third kappa shape index (κ3) is 4.64. The molecule has 0 aliphatic carbocycles. The largest absolute Gasteiger partial charge is 0.486 e. The smallest absolute Gasteiger partial charge is 0.251 e. The molecule has 0 saturated carbocycles. The first-order valence-corrected chi connectivity index (χ1v) is 11.3. The van der Waals surface area contributed by atoms with Gasteiger partial charge in [-0.05, 0) is 73.3 Å². The Labute approximate surface area is 186 Å². The molecule has 0 atom stereocenters. The molecule has 0 amide bonds. The molecule has 3 aromatic rings. The fourth-order valence-corrected chi connectivity index (χ4v) is 4.55. The molecule has 0 radical (unpaired) electrons. The van der Waals surface area contributed by atoms with Gasteiger partial charge in [0.2, 0.25) is 0 Å². The summed E-state index contributed by atoms with van der Waals surface area (Å²) in [5.74, 6) is 1.33. The van der Waals surface area contributed by atoms with Crippen molar-refractivity contribution in [2.45, 2.75) is 32.0 Å². The first-order chi connectivity index (χ1) is 15.7. The van der Waals surface area contributed by atoms with Crippen LogP contribution < -0.4 is 20.3 Å². The van der Waals surface area contributed by atoms with Crippen molar-refractivity contribution in [1.82, 2.24) is 14.8 Å². The van der Waals surface area contributed by atoms with Crippen LogP contribution in [0.15, 0.2) is 53.3 Å². The van der Waals surface area contributed by atoms with Crippen molar-refractivity contribution in [2.75, 3.05) is 32.8 Å². The molecule has 2 aliphatic heterocycles. The van der Waals surface area contributed by atoms with Crippen LogP contribution in [-0.2, 0) is 13.1 Å². The van der Waals surface area contributed by atoms with Gasteiger partial charge < -0.3 is 24.3 Å². The zero-order valence-corrected chi connectivity index (χ0v) is 18.1. The maximum absolute atomic E-state index is 13.7. The molecular formula is C25H28FN3O3. The summed E-state index contributed by atoms with van der Waals surface area (Å²) >= 11 is 0. The van der Waals surface area contributed by atoms with Crippen LogP contribution in [0.25, 0.3) is 10.9 Å². The lowest BCUT2D eigenvalue weighted by atomic mass is 10.0. The summed E-state index contributed by atoms with van der Waals surface area (Å²) in [5.41, 5.74) is 1.77. The Morgan fingerprint density at radius 3 is 2.56 bits per heavy atom. The third-order valence-corrected chi connectivity index (χ3v) is 6.38. The lowest BCUT2D eigenvalue weighted by Gasteiger charge is -2.32. The number of hydrogen-bond donors (Lipinski definition) is 1. The van der Waals surface area contributed by atoms with Crippen LogP contribution in [0.2, 0.25) is 0 Å². The second-order valence-corrected chi connectivity index (χ2v) is 8.50. The van der Waals surface area contributed by atoms with Gasteiger partial charge in [0.1, 0.15) is 19.0 Å². The van der Waals surface area contributed by atoms with Gasteiger partial charge in [-0.3, -0.25) is 4.79 Å². The van der Waals surface area contributed by atoms with E-state index in [-0.39, 0.29) is 11.4 Å². The summed E-state index contributed by atoms with van der Waals surface area (Å²) < 4.78 is 26.7. The second kappa shape index (κ2) is 9.30. The Hall–Kier alpha value is -2.90. The van der Waals surface area contributed by atoms with Gasteiger partial charge in [-0.25, -0.2) is 4.39 Å². The molecule has 168 valence electrons. The van der Waals surface area contributed by atoms with E-state index in [1.54, 1.807) is 22.8 Å². The van der Waals surface area contributed by atoms with Gasteiger partial charge in [-0.1, -0.05) is 6.07 Å². The first-order valence-electron chi connectivity index (χ1n) is 11.3. The Balaban J connectivity index is 1.13. The number of hydrogen-bond acceptors (Lipinski definition) is 5. The average Bonchev–Trinajstić information content (AvgIpc) is 2.82. The summed E-state index contributed by atoms with van der Waals surface area (Å²) in [5, 5.41) is 4.54. The molecule has 1 N–H and O–H groups in total. The number of nitrogens with one attached hydrogen (secondary N) is 1. The predicted octanol–water partition coefficient (Wildman–Crippen LogP) is 3.17. The molecule has 0 bridgehead atoms. The molecule has 3 heterocycles. The highest BCUT2D eigenvalue weighted by atomic mass is 19.1. The maximum Gasteiger partial charge on any atom is 0.251 e. The van der Waals surface area contributed by atoms with Gasteiger partial charge >= 0.3 is 0 Å². The molecule has 0 spiro atoms. The van der Waals surface area contributed by atoms with E-state index < -0.39 is 0 Å². The number of nitrogens with zero attached hydrogens (tertiary/aromatic N) is 2. The number of benzene rings is 2. The molecular weight excluding hydrogens is 409 g/mol. The van der Waals surface area contributed by atoms with Crippen LogP contribution in [0, 0.1) is 5.82 Å². The number of halogens is 1. The number of likely N-dealkylation sites (tertiary alicyclic amines) is 1. The SMILES string of the molecule is O=c1ccc2ccc(F)cc2n1CCN1CCC(NCc2ccc3c(c2)OCCO3)CC1. The Bertz CT molecular complexity index is 1150. The van der Waals surface area contributed by atoms with E-state index >= 15 is 0 Å². The van der Waals surface area contributed by atoms with Crippen molar-refractivity contribution < 1.29 is 13.9 Å². The standard InChI is InChI=1S/C25H28FN3O3/c26-20-4-2-19-3-6-25(30)29(22(19)16-20)12-11-28-9-7-21(8-10-28)27-17-18-1-5-23-24(15-18)32-14-13-31-23/h1-6,15-16,21,27H,7-14,17H2. The Morgan fingerprint density at radius 1 is 0.938 bits per heavy atom. The van der Waals surface area contributed by atoms with Crippen molar-refractivity contribution in [3.05, 3.63) is 70.3 Å². The number of ether oxygens (including phenoxy) is 2. The molecule has 7 heteroatoms. The highest BCUT2D eigenvalue weighted by Gasteiger charge is 2.19. The number of piperidine rings is 1. The van der Waals surface area contributed by atoms with Crippen molar-refractivity contribution in [3.8, 4) is 11.5 Å². The molecule has 2 aliphatic rings. The minimum Gasteiger partial charge on any atom is -0.486 e. The summed E-state index contributed by atoms with van der Waals surface area (Å²) in [6, 6.07) is 14.5. The highest BCUT2D eigenvalue weighted by Crippen LogP contribution is 2.30. The number of pyridine rings is 1. The van der Waals surface area contributed by atoms with E-state index in [0.29, 0.717) is 31.3 Å². The minimum absolute atomic E-state index is 0.0842. The van der Waals surface area contributed by atoms with Gasteiger partial charge in [-0.15, -0.1) is 0 Å². The molecule has 1 aromatic heterocycles. The topological polar surface area (TPSA) is 55.7 Å². The van der Waals surface area contributed by atoms with E-state index in [1.807, 2.05) is 6.07 Å². The molecule has 0 unspecified atom stereocenters. The van der Waals surface area contributed by atoms with E-state index in [4.69, 9.17) is 9.47 Å². The van der Waals surface area contributed by atoms with E-state index in [2.05, 4.69) is 22.3 Å². The highest BCUT2D eigenvalue weighted by molar-refractivity contribution is 5.78. The van der Waals surface area contributed by atoms with Crippen LogP contribution in [-0.4, -0.2) is 48.4 Å². The van der Waals surface area contributed by atoms with Crippen LogP contribution in [0.1, 0.15) is 18.4 Å². The normalized spacial score (nSPS) is 17.0. The first kappa shape index (κ1) is 21.0. The van der Waals surface area contributed by atoms with Crippen molar-refractivity contribution in [1.29, 1.82) is 0 Å². The van der Waals surface area contributed by atoms with E-state index in [1.165, 1.54) is 17.7 Å². The van der Waals surface area contributed by atoms with Crippen molar-refractivity contribution >= 4 is 10.9 Å². The van der Waals surface area contributed by atoms with Crippen molar-refractivity contribution in [3.63, 3.8) is 0 Å². The van der Waals surface area contributed by atoms with E-state index in [9.17, 15) is 9.18 Å². The zero-order valence-electron chi connectivity index (χ0n) is 18.1. The lowest BCUT2D eigenvalue weighted by molar-refractivity contribution is 0.171. The predicted molar refractivity (Wildman–Crippen MR) is 122 cm³/mol. The Kier molecular flexibility index (Phi) is 6.10. The quantitative estimate of drug-likeness (QED) is 0.642. The third-order valence-electron chi connectivity index (χ3n) is 6.38. The molecule has 1 saturated heterocycles. The summed E-state index contributed by atoms with van der Waals surface area (Å²) in [6.45, 7) is 5.31. The second-order valence-electron chi connectivity index (χ2n) is 8.50. The van der Waals surface area contributed by atoms with Gasteiger partial charge in [0.25, 0.3) is 5.56 Å².